The molecule has 0 saturated heterocycles. The normalized spacial score (nSPS) is 12.1. The fraction of sp³-hybridized carbons (Fsp3) is 0.333. The van der Waals surface area contributed by atoms with Gasteiger partial charge >= 0.3 is 0 Å². The first-order valence-electron chi connectivity index (χ1n) is 6.47. The van der Waals surface area contributed by atoms with Crippen LogP contribution in [0.2, 0.25) is 0 Å². The molecule has 0 radical (unpaired) electrons. The number of anilines is 1. The number of aromatic nitrogens is 1. The van der Waals surface area contributed by atoms with Gasteiger partial charge in [0.2, 0.25) is 0 Å². The number of sulfone groups is 1. The van der Waals surface area contributed by atoms with Crippen LogP contribution in [0, 0.1) is 11.3 Å². The number of fused-ring (bicyclic) bond motifs is 1. The summed E-state index contributed by atoms with van der Waals surface area (Å²) in [5.74, 6) is 0. The van der Waals surface area contributed by atoms with Crippen molar-refractivity contribution in [3.63, 3.8) is 0 Å². The molecule has 6 heteroatoms. The molecule has 21 heavy (non-hydrogen) atoms. The summed E-state index contributed by atoms with van der Waals surface area (Å²) in [5.41, 5.74) is 1.79. The predicted molar refractivity (Wildman–Crippen MR) is 83.9 cm³/mol. The third-order valence-corrected chi connectivity index (χ3v) is 5.74. The quantitative estimate of drug-likeness (QED) is 0.937. The Morgan fingerprint density at radius 1 is 1.33 bits per heavy atom. The van der Waals surface area contributed by atoms with Crippen molar-refractivity contribution in [2.45, 2.75) is 18.6 Å². The number of nitrogens with zero attached hydrogens (tertiary/aromatic N) is 2. The average molecular weight is 303 g/mol. The van der Waals surface area contributed by atoms with Gasteiger partial charge in [0.25, 0.3) is 0 Å². The van der Waals surface area contributed by atoms with Gasteiger partial charge in [0.05, 0.1) is 21.5 Å². The maximum absolute atomic E-state index is 11.8. The van der Waals surface area contributed by atoms with Gasteiger partial charge in [-0.05, 0) is 19.9 Å². The molecule has 0 atom stereocenters. The van der Waals surface area contributed by atoms with Crippen molar-refractivity contribution in [1.82, 2.24) is 4.98 Å². The molecule has 0 aliphatic rings. The van der Waals surface area contributed by atoms with Crippen molar-refractivity contribution in [3.8, 4) is 6.07 Å². The molecule has 110 valence electrons. The minimum atomic E-state index is -3.21. The highest BCUT2D eigenvalue weighted by Crippen LogP contribution is 2.26. The van der Waals surface area contributed by atoms with E-state index >= 15 is 0 Å². The number of rotatable bonds is 4. The number of para-hydroxylation sites is 1. The van der Waals surface area contributed by atoms with E-state index in [1.54, 1.807) is 13.8 Å². The van der Waals surface area contributed by atoms with Gasteiger partial charge in [-0.1, -0.05) is 18.2 Å². The van der Waals surface area contributed by atoms with E-state index in [4.69, 9.17) is 0 Å². The first kappa shape index (κ1) is 15.3. The van der Waals surface area contributed by atoms with Crippen molar-refractivity contribution in [1.29, 1.82) is 5.26 Å². The number of nitriles is 1. The highest BCUT2D eigenvalue weighted by Gasteiger charge is 2.30. The molecule has 2 aromatic rings. The summed E-state index contributed by atoms with van der Waals surface area (Å²) in [6, 6.07) is 9.52. The lowest BCUT2D eigenvalue weighted by atomic mass is 10.1. The van der Waals surface area contributed by atoms with Crippen LogP contribution in [-0.2, 0) is 9.84 Å². The molecule has 0 amide bonds. The maximum Gasteiger partial charge on any atom is 0.154 e. The minimum Gasteiger partial charge on any atom is -0.382 e. The molecular weight excluding hydrogens is 286 g/mol. The van der Waals surface area contributed by atoms with Crippen LogP contribution in [-0.4, -0.2) is 30.9 Å². The monoisotopic (exact) mass is 303 g/mol. The zero-order chi connectivity index (χ0) is 15.7. The molecular formula is C15H17N3O2S. The summed E-state index contributed by atoms with van der Waals surface area (Å²) in [4.78, 5) is 4.23. The van der Waals surface area contributed by atoms with E-state index in [0.29, 0.717) is 11.3 Å². The van der Waals surface area contributed by atoms with Crippen LogP contribution in [0.1, 0.15) is 19.4 Å². The van der Waals surface area contributed by atoms with Crippen molar-refractivity contribution in [3.05, 3.63) is 36.0 Å². The van der Waals surface area contributed by atoms with E-state index in [-0.39, 0.29) is 6.54 Å². The van der Waals surface area contributed by atoms with Crippen LogP contribution < -0.4 is 5.32 Å². The molecule has 0 unspecified atom stereocenters. The van der Waals surface area contributed by atoms with Gasteiger partial charge in [-0.2, -0.15) is 5.26 Å². The van der Waals surface area contributed by atoms with Gasteiger partial charge in [-0.15, -0.1) is 0 Å². The second kappa shape index (κ2) is 5.34. The van der Waals surface area contributed by atoms with E-state index in [9.17, 15) is 13.7 Å². The van der Waals surface area contributed by atoms with Crippen LogP contribution in [0.15, 0.2) is 30.5 Å². The van der Waals surface area contributed by atoms with Crippen LogP contribution in [0.25, 0.3) is 10.9 Å². The zero-order valence-corrected chi connectivity index (χ0v) is 13.0. The first-order valence-corrected chi connectivity index (χ1v) is 8.37. The third-order valence-electron chi connectivity index (χ3n) is 3.59. The highest BCUT2D eigenvalue weighted by molar-refractivity contribution is 7.92. The van der Waals surface area contributed by atoms with Crippen molar-refractivity contribution in [2.24, 2.45) is 0 Å². The molecule has 1 heterocycles. The molecule has 1 N–H and O–H groups in total. The molecule has 0 fully saturated rings. The number of hydrogen-bond acceptors (Lipinski definition) is 5. The second-order valence-corrected chi connectivity index (χ2v) is 8.21. The van der Waals surface area contributed by atoms with Gasteiger partial charge in [-0.25, -0.2) is 8.42 Å². The van der Waals surface area contributed by atoms with E-state index < -0.39 is 14.6 Å². The molecule has 1 aromatic carbocycles. The largest absolute Gasteiger partial charge is 0.382 e. The Morgan fingerprint density at radius 3 is 2.62 bits per heavy atom. The van der Waals surface area contributed by atoms with E-state index in [1.807, 2.05) is 24.3 Å². The van der Waals surface area contributed by atoms with Crippen molar-refractivity contribution >= 4 is 26.4 Å². The maximum atomic E-state index is 11.8. The Balaban J connectivity index is 2.45. The van der Waals surface area contributed by atoms with Gasteiger partial charge in [0.15, 0.2) is 9.84 Å². The summed E-state index contributed by atoms with van der Waals surface area (Å²) in [6.07, 6.45) is 2.71. The molecule has 2 rings (SSSR count). The van der Waals surface area contributed by atoms with Crippen LogP contribution in [0.4, 0.5) is 5.69 Å². The molecule has 0 aliphatic carbocycles. The number of pyridine rings is 1. The Bertz CT molecular complexity index is 820. The summed E-state index contributed by atoms with van der Waals surface area (Å²) in [6.45, 7) is 3.53. The van der Waals surface area contributed by atoms with E-state index in [0.717, 1.165) is 10.9 Å². The second-order valence-electron chi connectivity index (χ2n) is 5.56. The van der Waals surface area contributed by atoms with Crippen LogP contribution >= 0.6 is 0 Å². The molecule has 0 spiro atoms. The van der Waals surface area contributed by atoms with Crippen LogP contribution in [0.3, 0.4) is 0 Å². The predicted octanol–water partition coefficient (Wildman–Crippen LogP) is 2.34. The lowest BCUT2D eigenvalue weighted by Crippen LogP contribution is -2.38. The third kappa shape index (κ3) is 2.98. The number of benzene rings is 1. The smallest absolute Gasteiger partial charge is 0.154 e. The SMILES string of the molecule is CC(C)(CNc1c(C#N)cnc2ccccc12)S(C)(=O)=O. The average Bonchev–Trinajstić information content (AvgIpc) is 2.43. The van der Waals surface area contributed by atoms with E-state index in [1.165, 1.54) is 12.5 Å². The summed E-state index contributed by atoms with van der Waals surface area (Å²) >= 11 is 0. The first-order chi connectivity index (χ1) is 9.76. The molecule has 0 aliphatic heterocycles. The highest BCUT2D eigenvalue weighted by atomic mass is 32.2. The Hall–Kier alpha value is -2.13. The lowest BCUT2D eigenvalue weighted by Gasteiger charge is -2.24. The Morgan fingerprint density at radius 2 is 2.00 bits per heavy atom. The summed E-state index contributed by atoms with van der Waals surface area (Å²) in [7, 11) is -3.21. The number of hydrogen-bond donors (Lipinski definition) is 1. The van der Waals surface area contributed by atoms with Crippen molar-refractivity contribution < 1.29 is 8.42 Å². The topological polar surface area (TPSA) is 82.8 Å². The molecule has 5 nitrogen and oxygen atoms in total. The molecule has 0 bridgehead atoms. The zero-order valence-electron chi connectivity index (χ0n) is 12.2. The number of nitrogens with one attached hydrogen (secondary N) is 1. The lowest BCUT2D eigenvalue weighted by molar-refractivity contribution is 0.560. The van der Waals surface area contributed by atoms with E-state index in [2.05, 4.69) is 16.4 Å². The van der Waals surface area contributed by atoms with Gasteiger partial charge < -0.3 is 5.32 Å². The standard InChI is InChI=1S/C15H17N3O2S/c1-15(2,21(3,19)20)10-18-14-11(8-16)9-17-13-7-5-4-6-12(13)14/h4-7,9H,10H2,1-3H3,(H,17,18). The summed E-state index contributed by atoms with van der Waals surface area (Å²) in [5, 5.41) is 13.1. The minimum absolute atomic E-state index is 0.217. The molecule has 1 aromatic heterocycles. The fourth-order valence-corrected chi connectivity index (χ4v) is 2.18. The van der Waals surface area contributed by atoms with Crippen molar-refractivity contribution in [2.75, 3.05) is 18.1 Å². The van der Waals surface area contributed by atoms with Gasteiger partial charge in [-0.3, -0.25) is 4.98 Å². The van der Waals surface area contributed by atoms with Gasteiger partial charge in [0.1, 0.15) is 6.07 Å². The molecule has 0 saturated carbocycles. The Labute approximate surface area is 124 Å². The Kier molecular flexibility index (Phi) is 3.88. The summed E-state index contributed by atoms with van der Waals surface area (Å²) < 4.78 is 22.6. The fourth-order valence-electron chi connectivity index (χ4n) is 1.85. The van der Waals surface area contributed by atoms with Gasteiger partial charge in [0, 0.05) is 24.4 Å². The van der Waals surface area contributed by atoms with Crippen LogP contribution in [0.5, 0.6) is 0 Å².